The van der Waals surface area contributed by atoms with E-state index in [4.69, 9.17) is 15.0 Å². The molecule has 218 valence electrons. The lowest BCUT2D eigenvalue weighted by molar-refractivity contribution is 0.722. The summed E-state index contributed by atoms with van der Waals surface area (Å²) in [6, 6.07) is 50.3. The molecule has 1 aliphatic heterocycles. The normalized spacial score (nSPS) is 13.5. The van der Waals surface area contributed by atoms with Crippen LogP contribution in [-0.4, -0.2) is 15.0 Å². The Bertz CT molecular complexity index is 2200. The molecule has 0 radical (unpaired) electrons. The molecule has 0 saturated carbocycles. The zero-order valence-electron chi connectivity index (χ0n) is 25.5. The molecule has 0 unspecified atom stereocenters. The van der Waals surface area contributed by atoms with Crippen LogP contribution in [0.1, 0.15) is 33.4 Å². The second-order valence-electron chi connectivity index (χ2n) is 12.2. The van der Waals surface area contributed by atoms with E-state index in [1.807, 2.05) is 11.8 Å². The molecule has 7 aromatic rings. The predicted octanol–water partition coefficient (Wildman–Crippen LogP) is 10.3. The van der Waals surface area contributed by atoms with Crippen LogP contribution in [0.15, 0.2) is 149 Å². The molecule has 2 aliphatic rings. The number of aromatic nitrogens is 3. The van der Waals surface area contributed by atoms with Gasteiger partial charge >= 0.3 is 0 Å². The molecule has 2 heterocycles. The Hall–Kier alpha value is -5.32. The lowest BCUT2D eigenvalue weighted by Gasteiger charge is -2.39. The highest BCUT2D eigenvalue weighted by molar-refractivity contribution is 7.99. The third kappa shape index (κ3) is 4.03. The zero-order valence-corrected chi connectivity index (χ0v) is 26.3. The Kier molecular flexibility index (Phi) is 6.09. The number of aryl methyl sites for hydroxylation is 2. The summed E-state index contributed by atoms with van der Waals surface area (Å²) in [5, 5.41) is 0. The number of nitrogens with zero attached hydrogens (tertiary/aromatic N) is 3. The van der Waals surface area contributed by atoms with Gasteiger partial charge in [-0.15, -0.1) is 0 Å². The molecule has 1 spiro atoms. The molecule has 0 saturated heterocycles. The summed E-state index contributed by atoms with van der Waals surface area (Å²) >= 11 is 1.85. The molecule has 1 aromatic heterocycles. The summed E-state index contributed by atoms with van der Waals surface area (Å²) in [6.07, 6.45) is 0. The van der Waals surface area contributed by atoms with Gasteiger partial charge in [0.15, 0.2) is 17.5 Å². The second-order valence-corrected chi connectivity index (χ2v) is 13.3. The van der Waals surface area contributed by atoms with Crippen molar-refractivity contribution >= 4 is 11.8 Å². The molecule has 0 atom stereocenters. The quantitative estimate of drug-likeness (QED) is 0.200. The maximum Gasteiger partial charge on any atom is 0.164 e. The first-order chi connectivity index (χ1) is 22.6. The van der Waals surface area contributed by atoms with Gasteiger partial charge in [0.1, 0.15) is 0 Å². The van der Waals surface area contributed by atoms with E-state index in [1.165, 1.54) is 54.3 Å². The van der Waals surface area contributed by atoms with Gasteiger partial charge in [-0.2, -0.15) is 0 Å². The molecule has 46 heavy (non-hydrogen) atoms. The Morgan fingerprint density at radius 1 is 0.413 bits per heavy atom. The lowest BCUT2D eigenvalue weighted by Crippen LogP contribution is -2.32. The molecule has 0 N–H and O–H groups in total. The summed E-state index contributed by atoms with van der Waals surface area (Å²) in [7, 11) is 0. The average molecular weight is 608 g/mol. The molecule has 4 heteroatoms. The largest absolute Gasteiger partial charge is 0.208 e. The van der Waals surface area contributed by atoms with E-state index in [-0.39, 0.29) is 0 Å². The Morgan fingerprint density at radius 2 is 0.848 bits per heavy atom. The monoisotopic (exact) mass is 607 g/mol. The zero-order chi connectivity index (χ0) is 30.8. The fraction of sp³-hybridized carbons (Fsp3) is 0.0714. The van der Waals surface area contributed by atoms with Gasteiger partial charge in [0, 0.05) is 26.5 Å². The van der Waals surface area contributed by atoms with Gasteiger partial charge in [-0.1, -0.05) is 144 Å². The summed E-state index contributed by atoms with van der Waals surface area (Å²) in [6.45, 7) is 4.19. The van der Waals surface area contributed by atoms with Crippen LogP contribution in [0, 0.1) is 13.8 Å². The first-order valence-electron chi connectivity index (χ1n) is 15.6. The van der Waals surface area contributed by atoms with Crippen molar-refractivity contribution in [1.82, 2.24) is 15.0 Å². The van der Waals surface area contributed by atoms with Gasteiger partial charge in [-0.25, -0.2) is 15.0 Å². The van der Waals surface area contributed by atoms with Crippen LogP contribution in [-0.2, 0) is 5.41 Å². The van der Waals surface area contributed by atoms with E-state index < -0.39 is 5.41 Å². The summed E-state index contributed by atoms with van der Waals surface area (Å²) < 4.78 is 0. The average Bonchev–Trinajstić information content (AvgIpc) is 3.39. The van der Waals surface area contributed by atoms with Crippen LogP contribution in [0.2, 0.25) is 0 Å². The van der Waals surface area contributed by atoms with E-state index in [2.05, 4.69) is 153 Å². The summed E-state index contributed by atoms with van der Waals surface area (Å²) in [5.41, 5.74) is 12.7. The van der Waals surface area contributed by atoms with Crippen molar-refractivity contribution in [2.24, 2.45) is 0 Å². The van der Waals surface area contributed by atoms with E-state index in [0.29, 0.717) is 17.5 Å². The van der Waals surface area contributed by atoms with Crippen LogP contribution < -0.4 is 0 Å². The summed E-state index contributed by atoms with van der Waals surface area (Å²) in [4.78, 5) is 17.7. The Morgan fingerprint density at radius 3 is 1.41 bits per heavy atom. The number of fused-ring (bicyclic) bond motifs is 9. The highest BCUT2D eigenvalue weighted by atomic mass is 32.2. The fourth-order valence-corrected chi connectivity index (χ4v) is 8.34. The Balaban J connectivity index is 1.31. The predicted molar refractivity (Wildman–Crippen MR) is 187 cm³/mol. The van der Waals surface area contributed by atoms with Crippen molar-refractivity contribution in [2.45, 2.75) is 29.1 Å². The first-order valence-corrected chi connectivity index (χ1v) is 16.4. The van der Waals surface area contributed by atoms with Crippen LogP contribution in [0.4, 0.5) is 0 Å². The van der Waals surface area contributed by atoms with Gasteiger partial charge in [0.05, 0.1) is 5.41 Å². The molecule has 0 bridgehead atoms. The minimum Gasteiger partial charge on any atom is -0.208 e. The van der Waals surface area contributed by atoms with Gasteiger partial charge < -0.3 is 0 Å². The van der Waals surface area contributed by atoms with Crippen molar-refractivity contribution in [3.8, 4) is 45.3 Å². The minimum atomic E-state index is -0.451. The van der Waals surface area contributed by atoms with Crippen molar-refractivity contribution < 1.29 is 0 Å². The fourth-order valence-electron chi connectivity index (χ4n) is 7.16. The number of hydrogen-bond donors (Lipinski definition) is 0. The van der Waals surface area contributed by atoms with Gasteiger partial charge in [-0.3, -0.25) is 0 Å². The van der Waals surface area contributed by atoms with Crippen LogP contribution >= 0.6 is 11.8 Å². The highest BCUT2D eigenvalue weighted by Gasteiger charge is 2.50. The van der Waals surface area contributed by atoms with Crippen LogP contribution in [0.5, 0.6) is 0 Å². The van der Waals surface area contributed by atoms with E-state index in [1.54, 1.807) is 0 Å². The highest BCUT2D eigenvalue weighted by Crippen LogP contribution is 2.62. The Labute approximate surface area is 273 Å². The third-order valence-corrected chi connectivity index (χ3v) is 10.5. The molecule has 0 amide bonds. The van der Waals surface area contributed by atoms with E-state index >= 15 is 0 Å². The maximum absolute atomic E-state index is 5.11. The molecular formula is C42H29N3S. The number of benzene rings is 6. The molecule has 0 fully saturated rings. The molecule has 9 rings (SSSR count). The number of rotatable bonds is 3. The van der Waals surface area contributed by atoms with Crippen LogP contribution in [0.3, 0.4) is 0 Å². The summed E-state index contributed by atoms with van der Waals surface area (Å²) in [5.74, 6) is 2.01. The third-order valence-electron chi connectivity index (χ3n) is 9.36. The van der Waals surface area contributed by atoms with E-state index in [9.17, 15) is 0 Å². The lowest BCUT2D eigenvalue weighted by atomic mass is 9.67. The maximum atomic E-state index is 5.11. The SMILES string of the molecule is Cc1ccc(-c2nc(-c3ccc(C)cc3)nc(-c3ccc4c(c3)C3(c5ccccc5S4)c4ccccc4-c4ccccc43)n2)cc1. The van der Waals surface area contributed by atoms with E-state index in [0.717, 1.165) is 16.7 Å². The van der Waals surface area contributed by atoms with Crippen molar-refractivity contribution in [1.29, 1.82) is 0 Å². The first kappa shape index (κ1) is 27.0. The number of hydrogen-bond acceptors (Lipinski definition) is 4. The van der Waals surface area contributed by atoms with Crippen molar-refractivity contribution in [3.63, 3.8) is 0 Å². The second kappa shape index (κ2) is 10.4. The van der Waals surface area contributed by atoms with Crippen molar-refractivity contribution in [2.75, 3.05) is 0 Å². The molecule has 3 nitrogen and oxygen atoms in total. The van der Waals surface area contributed by atoms with Gasteiger partial charge in [-0.05, 0) is 65.4 Å². The van der Waals surface area contributed by atoms with Crippen molar-refractivity contribution in [3.05, 3.63) is 173 Å². The van der Waals surface area contributed by atoms with Crippen LogP contribution in [0.25, 0.3) is 45.3 Å². The standard InChI is InChI=1S/C42H29N3S/c1-26-15-19-28(20-16-26)39-43-40(29-21-17-27(2)18-22-29)45-41(44-39)30-23-24-38-36(25-30)42(35-13-7-8-14-37(35)46-38)33-11-5-3-9-31(33)32-10-4-6-12-34(32)42/h3-25H,1-2H3. The topological polar surface area (TPSA) is 38.7 Å². The molecule has 1 aliphatic carbocycles. The smallest absolute Gasteiger partial charge is 0.164 e. The molecular weight excluding hydrogens is 579 g/mol. The van der Waals surface area contributed by atoms with Gasteiger partial charge in [0.2, 0.25) is 0 Å². The minimum absolute atomic E-state index is 0.451. The molecule has 6 aromatic carbocycles. The van der Waals surface area contributed by atoms with Gasteiger partial charge in [0.25, 0.3) is 0 Å².